The summed E-state index contributed by atoms with van der Waals surface area (Å²) in [4.78, 5) is 15.4. The van der Waals surface area contributed by atoms with E-state index in [1.54, 1.807) is 0 Å². The molecule has 192 valence electrons. The third kappa shape index (κ3) is 3.64. The van der Waals surface area contributed by atoms with Gasteiger partial charge < -0.3 is 4.42 Å². The Morgan fingerprint density at radius 2 is 1.65 bits per heavy atom. The molecule has 1 unspecified atom stereocenters. The van der Waals surface area contributed by atoms with Gasteiger partial charge in [-0.25, -0.2) is 15.0 Å². The van der Waals surface area contributed by atoms with Gasteiger partial charge in [-0.2, -0.15) is 0 Å². The van der Waals surface area contributed by atoms with E-state index in [1.807, 2.05) is 36.4 Å². The predicted molar refractivity (Wildman–Crippen MR) is 163 cm³/mol. The van der Waals surface area contributed by atoms with Crippen LogP contribution in [0.2, 0.25) is 0 Å². The zero-order chi connectivity index (χ0) is 26.7. The van der Waals surface area contributed by atoms with Crippen molar-refractivity contribution in [2.75, 3.05) is 0 Å². The summed E-state index contributed by atoms with van der Waals surface area (Å²) in [5, 5.41) is 4.49. The number of hydrogen-bond donors (Lipinski definition) is 0. The van der Waals surface area contributed by atoms with Crippen molar-refractivity contribution in [1.29, 1.82) is 0 Å². The van der Waals surface area contributed by atoms with Crippen molar-refractivity contribution in [1.82, 2.24) is 15.0 Å². The van der Waals surface area contributed by atoms with Crippen LogP contribution >= 0.6 is 0 Å². The molecule has 40 heavy (non-hydrogen) atoms. The fourth-order valence-electron chi connectivity index (χ4n) is 6.09. The van der Waals surface area contributed by atoms with Gasteiger partial charge in [0, 0.05) is 21.9 Å². The maximum absolute atomic E-state index is 6.47. The Labute approximate surface area is 232 Å². The molecule has 0 fully saturated rings. The zero-order valence-corrected chi connectivity index (χ0v) is 22.3. The molecule has 0 spiro atoms. The van der Waals surface area contributed by atoms with Crippen LogP contribution in [0.15, 0.2) is 108 Å². The van der Waals surface area contributed by atoms with E-state index in [4.69, 9.17) is 19.4 Å². The zero-order valence-electron chi connectivity index (χ0n) is 22.3. The van der Waals surface area contributed by atoms with Crippen LogP contribution in [-0.2, 0) is 11.8 Å². The molecule has 2 aliphatic carbocycles. The Morgan fingerprint density at radius 3 is 2.52 bits per heavy atom. The minimum atomic E-state index is -0.228. The highest BCUT2D eigenvalue weighted by Gasteiger charge is 2.31. The monoisotopic (exact) mass is 517 g/mol. The molecule has 1 atom stereocenters. The lowest BCUT2D eigenvalue weighted by molar-refractivity contribution is 0.575. The SMILES string of the molecule is CC1(c2nc3c(nc2-c2ccc4ccc5ccc6nc(-c7ccccc7)oc6c5c4c2)CCC=C3)C=CC=CC1. The van der Waals surface area contributed by atoms with Gasteiger partial charge in [0.05, 0.1) is 22.8 Å². The molecule has 2 aliphatic rings. The summed E-state index contributed by atoms with van der Waals surface area (Å²) in [7, 11) is 0. The van der Waals surface area contributed by atoms with Crippen LogP contribution in [0.3, 0.4) is 0 Å². The number of fused-ring (bicyclic) bond motifs is 6. The lowest BCUT2D eigenvalue weighted by Crippen LogP contribution is -2.24. The highest BCUT2D eigenvalue weighted by molar-refractivity contribution is 6.18. The lowest BCUT2D eigenvalue weighted by Gasteiger charge is -2.29. The van der Waals surface area contributed by atoms with Crippen molar-refractivity contribution in [3.63, 3.8) is 0 Å². The molecule has 0 radical (unpaired) electrons. The van der Waals surface area contributed by atoms with Crippen molar-refractivity contribution < 1.29 is 4.42 Å². The quantitative estimate of drug-likeness (QED) is 0.220. The average molecular weight is 518 g/mol. The lowest BCUT2D eigenvalue weighted by atomic mass is 9.78. The fraction of sp³-hybridized carbons (Fsp3) is 0.139. The first-order chi connectivity index (χ1) is 19.7. The number of aromatic nitrogens is 3. The third-order valence-corrected chi connectivity index (χ3v) is 8.27. The van der Waals surface area contributed by atoms with Gasteiger partial charge in [-0.3, -0.25) is 0 Å². The van der Waals surface area contributed by atoms with E-state index < -0.39 is 0 Å². The van der Waals surface area contributed by atoms with Crippen LogP contribution in [0.1, 0.15) is 36.8 Å². The normalized spacial score (nSPS) is 18.1. The smallest absolute Gasteiger partial charge is 0.227 e. The molecule has 4 heteroatoms. The summed E-state index contributed by atoms with van der Waals surface area (Å²) in [5.41, 5.74) is 7.54. The number of benzene rings is 4. The second kappa shape index (κ2) is 8.85. The van der Waals surface area contributed by atoms with Gasteiger partial charge in [0.25, 0.3) is 0 Å². The Hall–Kier alpha value is -4.83. The number of oxazole rings is 1. The van der Waals surface area contributed by atoms with Gasteiger partial charge in [0.15, 0.2) is 5.58 Å². The molecule has 0 aliphatic heterocycles. The number of rotatable bonds is 3. The van der Waals surface area contributed by atoms with Gasteiger partial charge >= 0.3 is 0 Å². The molecule has 2 heterocycles. The van der Waals surface area contributed by atoms with E-state index in [2.05, 4.69) is 79.8 Å². The van der Waals surface area contributed by atoms with Crippen molar-refractivity contribution in [2.24, 2.45) is 0 Å². The largest absolute Gasteiger partial charge is 0.435 e. The number of aryl methyl sites for hydroxylation is 1. The van der Waals surface area contributed by atoms with E-state index in [0.717, 1.165) is 85.8 Å². The van der Waals surface area contributed by atoms with Gasteiger partial charge in [0.1, 0.15) is 5.52 Å². The van der Waals surface area contributed by atoms with E-state index >= 15 is 0 Å². The van der Waals surface area contributed by atoms with Crippen LogP contribution in [-0.4, -0.2) is 15.0 Å². The van der Waals surface area contributed by atoms with Crippen LogP contribution in [0, 0.1) is 0 Å². The Kier molecular flexibility index (Phi) is 5.11. The van der Waals surface area contributed by atoms with Crippen molar-refractivity contribution >= 4 is 38.7 Å². The summed E-state index contributed by atoms with van der Waals surface area (Å²) >= 11 is 0. The number of nitrogens with zero attached hydrogens (tertiary/aromatic N) is 3. The Morgan fingerprint density at radius 1 is 0.800 bits per heavy atom. The minimum absolute atomic E-state index is 0.228. The summed E-state index contributed by atoms with van der Waals surface area (Å²) in [5.74, 6) is 0.636. The molecular formula is C36H27N3O. The number of hydrogen-bond acceptors (Lipinski definition) is 4. The molecule has 6 aromatic rings. The predicted octanol–water partition coefficient (Wildman–Crippen LogP) is 8.99. The van der Waals surface area contributed by atoms with Crippen LogP contribution in [0.4, 0.5) is 0 Å². The average Bonchev–Trinajstić information content (AvgIpc) is 3.45. The molecule has 4 nitrogen and oxygen atoms in total. The van der Waals surface area contributed by atoms with Gasteiger partial charge in [-0.05, 0) is 65.8 Å². The van der Waals surface area contributed by atoms with Crippen molar-refractivity contribution in [2.45, 2.75) is 31.6 Å². The molecule has 0 amide bonds. The molecule has 8 rings (SSSR count). The maximum atomic E-state index is 6.47. The van der Waals surface area contributed by atoms with Gasteiger partial charge in [0.2, 0.25) is 5.89 Å². The fourth-order valence-corrected chi connectivity index (χ4v) is 6.09. The van der Waals surface area contributed by atoms with E-state index in [1.165, 1.54) is 0 Å². The highest BCUT2D eigenvalue weighted by Crippen LogP contribution is 2.40. The first kappa shape index (κ1) is 23.1. The molecule has 0 saturated carbocycles. The van der Waals surface area contributed by atoms with E-state index in [9.17, 15) is 0 Å². The van der Waals surface area contributed by atoms with Crippen molar-refractivity contribution in [3.8, 4) is 22.7 Å². The minimum Gasteiger partial charge on any atom is -0.435 e. The van der Waals surface area contributed by atoms with E-state index in [0.29, 0.717) is 5.89 Å². The van der Waals surface area contributed by atoms with Crippen LogP contribution in [0.5, 0.6) is 0 Å². The van der Waals surface area contributed by atoms with Crippen LogP contribution in [0.25, 0.3) is 61.4 Å². The number of allylic oxidation sites excluding steroid dienone is 5. The topological polar surface area (TPSA) is 51.8 Å². The Balaban J connectivity index is 1.39. The second-order valence-electron chi connectivity index (χ2n) is 11.0. The van der Waals surface area contributed by atoms with Gasteiger partial charge in [-0.15, -0.1) is 0 Å². The summed E-state index contributed by atoms with van der Waals surface area (Å²) < 4.78 is 6.47. The first-order valence-electron chi connectivity index (χ1n) is 13.9. The first-order valence-corrected chi connectivity index (χ1v) is 13.9. The molecule has 4 aromatic carbocycles. The highest BCUT2D eigenvalue weighted by atomic mass is 16.3. The maximum Gasteiger partial charge on any atom is 0.227 e. The van der Waals surface area contributed by atoms with E-state index in [-0.39, 0.29) is 5.41 Å². The van der Waals surface area contributed by atoms with Gasteiger partial charge in [-0.1, -0.05) is 85.8 Å². The second-order valence-corrected chi connectivity index (χ2v) is 11.0. The molecule has 0 N–H and O–H groups in total. The van der Waals surface area contributed by atoms with Crippen LogP contribution < -0.4 is 0 Å². The molecule has 2 aromatic heterocycles. The summed E-state index contributed by atoms with van der Waals surface area (Å²) in [6.45, 7) is 2.26. The summed E-state index contributed by atoms with van der Waals surface area (Å²) in [6, 6.07) is 25.3. The summed E-state index contributed by atoms with van der Waals surface area (Å²) in [6.07, 6.45) is 15.9. The molecule has 0 bridgehead atoms. The van der Waals surface area contributed by atoms with Crippen molar-refractivity contribution in [3.05, 3.63) is 120 Å². The standard InChI is InChI=1S/C36H27N3O/c1-36(20-8-3-9-21-36)34-32(37-28-12-6-7-13-29(28)38-34)26-17-15-23-14-16-24-18-19-30-33(31(24)27(23)22-26)40-35(39-30)25-10-4-2-5-11-25/h2-5,7-11,13-20,22H,6,12,21H2,1H3. The third-order valence-electron chi connectivity index (χ3n) is 8.27. The Bertz CT molecular complexity index is 2050. The molecular weight excluding hydrogens is 490 g/mol. The molecule has 0 saturated heterocycles.